The van der Waals surface area contributed by atoms with Crippen LogP contribution in [-0.2, 0) is 0 Å². The van der Waals surface area contributed by atoms with Gasteiger partial charge in [0.2, 0.25) is 0 Å². The Balaban J connectivity index is 2.12. The summed E-state index contributed by atoms with van der Waals surface area (Å²) < 4.78 is 10.4. The van der Waals surface area contributed by atoms with Crippen molar-refractivity contribution in [3.63, 3.8) is 0 Å². The Morgan fingerprint density at radius 1 is 1.28 bits per heavy atom. The lowest BCUT2D eigenvalue weighted by molar-refractivity contribution is 0.0932. The van der Waals surface area contributed by atoms with E-state index in [4.69, 9.17) is 9.15 Å². The maximum absolute atomic E-state index is 12.1. The van der Waals surface area contributed by atoms with Crippen LogP contribution in [0.4, 0.5) is 0 Å². The van der Waals surface area contributed by atoms with E-state index in [0.717, 1.165) is 5.76 Å². The van der Waals surface area contributed by atoms with E-state index in [2.05, 4.69) is 5.32 Å². The highest BCUT2D eigenvalue weighted by Crippen LogP contribution is 2.19. The molecular formula is C14H15NO3. The first-order valence-electron chi connectivity index (χ1n) is 5.69. The SMILES string of the molecule is COc1ccccc1C(=O)NC(C)c1ccco1. The molecule has 1 heterocycles. The van der Waals surface area contributed by atoms with Crippen molar-refractivity contribution in [2.24, 2.45) is 0 Å². The van der Waals surface area contributed by atoms with Gasteiger partial charge >= 0.3 is 0 Å². The highest BCUT2D eigenvalue weighted by molar-refractivity contribution is 5.97. The Morgan fingerprint density at radius 3 is 2.72 bits per heavy atom. The number of hydrogen-bond donors (Lipinski definition) is 1. The molecular weight excluding hydrogens is 230 g/mol. The van der Waals surface area contributed by atoms with E-state index >= 15 is 0 Å². The van der Waals surface area contributed by atoms with Gasteiger partial charge in [-0.2, -0.15) is 0 Å². The summed E-state index contributed by atoms with van der Waals surface area (Å²) in [6.45, 7) is 1.87. The topological polar surface area (TPSA) is 51.5 Å². The lowest BCUT2D eigenvalue weighted by Crippen LogP contribution is -2.26. The van der Waals surface area contributed by atoms with Crippen molar-refractivity contribution in [2.75, 3.05) is 7.11 Å². The summed E-state index contributed by atoms with van der Waals surface area (Å²) in [5.74, 6) is 1.09. The quantitative estimate of drug-likeness (QED) is 0.901. The Hall–Kier alpha value is -2.23. The zero-order valence-electron chi connectivity index (χ0n) is 10.3. The summed E-state index contributed by atoms with van der Waals surface area (Å²) in [5.41, 5.74) is 0.512. The Bertz CT molecular complexity index is 520. The van der Waals surface area contributed by atoms with Gasteiger partial charge in [-0.1, -0.05) is 12.1 Å². The summed E-state index contributed by atoms with van der Waals surface area (Å²) >= 11 is 0. The number of amides is 1. The zero-order valence-corrected chi connectivity index (χ0v) is 10.3. The average molecular weight is 245 g/mol. The third kappa shape index (κ3) is 2.53. The molecule has 1 aromatic heterocycles. The monoisotopic (exact) mass is 245 g/mol. The number of benzene rings is 1. The maximum Gasteiger partial charge on any atom is 0.255 e. The lowest BCUT2D eigenvalue weighted by atomic mass is 10.1. The number of methoxy groups -OCH3 is 1. The number of carbonyl (C=O) groups excluding carboxylic acids is 1. The highest BCUT2D eigenvalue weighted by atomic mass is 16.5. The minimum atomic E-state index is -0.184. The number of para-hydroxylation sites is 1. The zero-order chi connectivity index (χ0) is 13.0. The number of furan rings is 1. The summed E-state index contributed by atoms with van der Waals surface area (Å²) in [5, 5.41) is 2.86. The highest BCUT2D eigenvalue weighted by Gasteiger charge is 2.16. The van der Waals surface area contributed by atoms with Gasteiger partial charge in [0.05, 0.1) is 25.0 Å². The van der Waals surface area contributed by atoms with E-state index in [1.165, 1.54) is 0 Å². The molecule has 1 atom stereocenters. The number of rotatable bonds is 4. The minimum Gasteiger partial charge on any atom is -0.496 e. The van der Waals surface area contributed by atoms with Crippen LogP contribution in [-0.4, -0.2) is 13.0 Å². The predicted molar refractivity (Wildman–Crippen MR) is 67.6 cm³/mol. The molecule has 0 fully saturated rings. The second-order valence-electron chi connectivity index (χ2n) is 3.91. The van der Waals surface area contributed by atoms with Gasteiger partial charge in [0, 0.05) is 0 Å². The van der Waals surface area contributed by atoms with Gasteiger partial charge in [0.15, 0.2) is 0 Å². The van der Waals surface area contributed by atoms with Crippen LogP contribution < -0.4 is 10.1 Å². The van der Waals surface area contributed by atoms with Crippen LogP contribution in [0.2, 0.25) is 0 Å². The first-order chi connectivity index (χ1) is 8.72. The van der Waals surface area contributed by atoms with Crippen LogP contribution >= 0.6 is 0 Å². The van der Waals surface area contributed by atoms with Gasteiger partial charge in [0.25, 0.3) is 5.91 Å². The van der Waals surface area contributed by atoms with Gasteiger partial charge in [-0.25, -0.2) is 0 Å². The van der Waals surface area contributed by atoms with Crippen LogP contribution in [0.1, 0.15) is 29.1 Å². The fraction of sp³-hybridized carbons (Fsp3) is 0.214. The molecule has 0 radical (unpaired) electrons. The van der Waals surface area contributed by atoms with Gasteiger partial charge < -0.3 is 14.5 Å². The van der Waals surface area contributed by atoms with Crippen LogP contribution in [0.3, 0.4) is 0 Å². The molecule has 1 N–H and O–H groups in total. The molecule has 1 unspecified atom stereocenters. The van der Waals surface area contributed by atoms with Crippen molar-refractivity contribution in [1.29, 1.82) is 0 Å². The number of ether oxygens (including phenoxy) is 1. The molecule has 1 amide bonds. The Morgan fingerprint density at radius 2 is 2.06 bits per heavy atom. The van der Waals surface area contributed by atoms with Crippen LogP contribution in [0.15, 0.2) is 47.1 Å². The molecule has 0 saturated carbocycles. The van der Waals surface area contributed by atoms with Crippen LogP contribution in [0.5, 0.6) is 5.75 Å². The number of carbonyl (C=O) groups is 1. The third-order valence-corrected chi connectivity index (χ3v) is 2.67. The lowest BCUT2D eigenvalue weighted by Gasteiger charge is -2.13. The van der Waals surface area contributed by atoms with Crippen molar-refractivity contribution in [1.82, 2.24) is 5.32 Å². The second kappa shape index (κ2) is 5.40. The minimum absolute atomic E-state index is 0.183. The molecule has 0 aliphatic heterocycles. The van der Waals surface area contributed by atoms with E-state index in [0.29, 0.717) is 11.3 Å². The molecule has 2 aromatic rings. The molecule has 18 heavy (non-hydrogen) atoms. The van der Waals surface area contributed by atoms with Crippen molar-refractivity contribution in [3.8, 4) is 5.75 Å². The predicted octanol–water partition coefficient (Wildman–Crippen LogP) is 2.78. The van der Waals surface area contributed by atoms with E-state index in [-0.39, 0.29) is 11.9 Å². The van der Waals surface area contributed by atoms with E-state index < -0.39 is 0 Å². The fourth-order valence-corrected chi connectivity index (χ4v) is 1.72. The fourth-order valence-electron chi connectivity index (χ4n) is 1.72. The molecule has 94 valence electrons. The molecule has 0 aliphatic rings. The largest absolute Gasteiger partial charge is 0.496 e. The van der Waals surface area contributed by atoms with Gasteiger partial charge in [-0.05, 0) is 31.2 Å². The molecule has 0 saturated heterocycles. The summed E-state index contributed by atoms with van der Waals surface area (Å²) in [6, 6.07) is 10.5. The van der Waals surface area contributed by atoms with E-state index in [1.54, 1.807) is 37.6 Å². The smallest absolute Gasteiger partial charge is 0.255 e. The van der Waals surface area contributed by atoms with Crippen molar-refractivity contribution in [2.45, 2.75) is 13.0 Å². The molecule has 1 aromatic carbocycles. The van der Waals surface area contributed by atoms with Gasteiger partial charge in [0.1, 0.15) is 11.5 Å². The Kier molecular flexibility index (Phi) is 3.67. The summed E-state index contributed by atoms with van der Waals surface area (Å²) in [7, 11) is 1.54. The molecule has 0 aliphatic carbocycles. The third-order valence-electron chi connectivity index (χ3n) is 2.67. The first-order valence-corrected chi connectivity index (χ1v) is 5.69. The van der Waals surface area contributed by atoms with E-state index in [9.17, 15) is 4.79 Å². The van der Waals surface area contributed by atoms with Crippen molar-refractivity contribution in [3.05, 3.63) is 54.0 Å². The Labute approximate surface area is 106 Å². The molecule has 0 spiro atoms. The molecule has 4 nitrogen and oxygen atoms in total. The first kappa shape index (κ1) is 12.2. The van der Waals surface area contributed by atoms with Crippen LogP contribution in [0, 0.1) is 0 Å². The van der Waals surface area contributed by atoms with Gasteiger partial charge in [-0.3, -0.25) is 4.79 Å². The average Bonchev–Trinajstić information content (AvgIpc) is 2.92. The van der Waals surface area contributed by atoms with Crippen molar-refractivity contribution < 1.29 is 13.9 Å². The summed E-state index contributed by atoms with van der Waals surface area (Å²) in [4.78, 5) is 12.1. The second-order valence-corrected chi connectivity index (χ2v) is 3.91. The number of hydrogen-bond acceptors (Lipinski definition) is 3. The van der Waals surface area contributed by atoms with Gasteiger partial charge in [-0.15, -0.1) is 0 Å². The van der Waals surface area contributed by atoms with Crippen molar-refractivity contribution >= 4 is 5.91 Å². The van der Waals surface area contributed by atoms with E-state index in [1.807, 2.05) is 19.1 Å². The number of nitrogens with one attached hydrogen (secondary N) is 1. The normalized spacial score (nSPS) is 11.9. The maximum atomic E-state index is 12.1. The standard InChI is InChI=1S/C14H15NO3/c1-10(12-8-5-9-18-12)15-14(16)11-6-3-4-7-13(11)17-2/h3-10H,1-2H3,(H,15,16). The molecule has 0 bridgehead atoms. The summed E-state index contributed by atoms with van der Waals surface area (Å²) in [6.07, 6.45) is 1.58. The van der Waals surface area contributed by atoms with Crippen LogP contribution in [0.25, 0.3) is 0 Å². The molecule has 4 heteroatoms. The molecule has 2 rings (SSSR count).